The van der Waals surface area contributed by atoms with E-state index < -0.39 is 11.9 Å². The number of rotatable bonds is 7. The van der Waals surface area contributed by atoms with Crippen LogP contribution in [0.5, 0.6) is 11.5 Å². The average molecular weight is 551 g/mol. The predicted octanol–water partition coefficient (Wildman–Crippen LogP) is 7.72. The van der Waals surface area contributed by atoms with Gasteiger partial charge in [0.2, 0.25) is 0 Å². The van der Waals surface area contributed by atoms with Crippen molar-refractivity contribution in [3.05, 3.63) is 144 Å². The molecule has 0 radical (unpaired) electrons. The molecule has 6 heteroatoms. The third-order valence-corrected chi connectivity index (χ3v) is 7.00. The first-order valence-electron chi connectivity index (χ1n) is 13.1. The molecule has 6 rings (SSSR count). The van der Waals surface area contributed by atoms with Crippen molar-refractivity contribution >= 4 is 46.1 Å². The van der Waals surface area contributed by atoms with Gasteiger partial charge in [0.1, 0.15) is 24.1 Å². The lowest BCUT2D eigenvalue weighted by atomic mass is 9.92. The topological polar surface area (TPSA) is 86.7 Å². The van der Waals surface area contributed by atoms with Crippen LogP contribution in [0.15, 0.2) is 121 Å². The molecule has 0 aliphatic rings. The summed E-state index contributed by atoms with van der Waals surface area (Å²) in [5, 5.41) is 3.39. The minimum atomic E-state index is -0.599. The number of ether oxygens (including phenoxy) is 2. The molecule has 0 aromatic heterocycles. The van der Waals surface area contributed by atoms with Crippen molar-refractivity contribution in [2.45, 2.75) is 0 Å². The predicted molar refractivity (Wildman–Crippen MR) is 160 cm³/mol. The van der Waals surface area contributed by atoms with E-state index in [2.05, 4.69) is 0 Å². The molecule has 6 aromatic carbocycles. The highest BCUT2D eigenvalue weighted by Crippen LogP contribution is 2.45. The largest absolute Gasteiger partial charge is 0.422 e. The summed E-state index contributed by atoms with van der Waals surface area (Å²) in [7, 11) is 0. The van der Waals surface area contributed by atoms with Crippen LogP contribution in [0.2, 0.25) is 0 Å². The molecule has 0 fully saturated rings. The Hall–Kier alpha value is -5.88. The Labute approximate surface area is 240 Å². The number of carbonyl (C=O) groups excluding carboxylic acids is 4. The summed E-state index contributed by atoms with van der Waals surface area (Å²) < 4.78 is 12.0. The van der Waals surface area contributed by atoms with Crippen molar-refractivity contribution in [2.75, 3.05) is 0 Å². The van der Waals surface area contributed by atoms with Crippen molar-refractivity contribution in [1.82, 2.24) is 0 Å². The molecule has 0 unspecified atom stereocenters. The van der Waals surface area contributed by atoms with E-state index in [1.54, 1.807) is 36.4 Å². The number of carbonyl (C=O) groups is 4. The minimum absolute atomic E-state index is 0.280. The molecule has 202 valence electrons. The third-order valence-electron chi connectivity index (χ3n) is 7.00. The highest BCUT2D eigenvalue weighted by atomic mass is 16.5. The third kappa shape index (κ3) is 5.05. The summed E-state index contributed by atoms with van der Waals surface area (Å²) in [4.78, 5) is 48.7. The Balaban J connectivity index is 1.52. The van der Waals surface area contributed by atoms with Crippen LogP contribution >= 0.6 is 0 Å². The first-order chi connectivity index (χ1) is 20.6. The standard InChI is InChI=1S/C36H22O6/c37-21-23-9-13-27(14-10-23)35(39)41-31-19-17-25-5-1-3-7-29(25)33(31)34-30-8-4-2-6-26(30)18-20-32(34)42-36(40)28-15-11-24(22-38)12-16-28/h1-22H. The maximum atomic E-state index is 13.3. The lowest BCUT2D eigenvalue weighted by Gasteiger charge is -2.18. The molecular formula is C36H22O6. The number of benzene rings is 6. The quantitative estimate of drug-likeness (QED) is 0.115. The number of fused-ring (bicyclic) bond motifs is 2. The van der Waals surface area contributed by atoms with Crippen LogP contribution < -0.4 is 9.47 Å². The maximum Gasteiger partial charge on any atom is 0.343 e. The summed E-state index contributed by atoms with van der Waals surface area (Å²) in [5.41, 5.74) is 2.62. The highest BCUT2D eigenvalue weighted by Gasteiger charge is 2.23. The van der Waals surface area contributed by atoms with Crippen LogP contribution in [0.4, 0.5) is 0 Å². The minimum Gasteiger partial charge on any atom is -0.422 e. The van der Waals surface area contributed by atoms with Crippen LogP contribution in [0, 0.1) is 0 Å². The van der Waals surface area contributed by atoms with E-state index in [0.717, 1.165) is 21.5 Å². The van der Waals surface area contributed by atoms with Gasteiger partial charge < -0.3 is 9.47 Å². The van der Waals surface area contributed by atoms with E-state index in [1.807, 2.05) is 60.7 Å². The van der Waals surface area contributed by atoms with Crippen LogP contribution in [0.1, 0.15) is 41.4 Å². The van der Waals surface area contributed by atoms with Gasteiger partial charge in [0.25, 0.3) is 0 Å². The fourth-order valence-corrected chi connectivity index (χ4v) is 4.90. The van der Waals surface area contributed by atoms with Crippen molar-refractivity contribution in [2.24, 2.45) is 0 Å². The summed E-state index contributed by atoms with van der Waals surface area (Å²) in [5.74, 6) is -0.639. The summed E-state index contributed by atoms with van der Waals surface area (Å²) >= 11 is 0. The molecule has 0 aliphatic carbocycles. The Bertz CT molecular complexity index is 1840. The zero-order valence-corrected chi connectivity index (χ0v) is 22.2. The molecule has 6 nitrogen and oxygen atoms in total. The van der Waals surface area contributed by atoms with E-state index in [1.165, 1.54) is 24.3 Å². The second-order valence-electron chi connectivity index (χ2n) is 9.58. The summed E-state index contributed by atoms with van der Waals surface area (Å²) in [6.45, 7) is 0. The molecule has 0 saturated carbocycles. The second-order valence-corrected chi connectivity index (χ2v) is 9.58. The fourth-order valence-electron chi connectivity index (χ4n) is 4.90. The van der Waals surface area contributed by atoms with Gasteiger partial charge in [-0.1, -0.05) is 84.9 Å². The Morgan fingerprint density at radius 3 is 1.21 bits per heavy atom. The average Bonchev–Trinajstić information content (AvgIpc) is 3.05. The van der Waals surface area contributed by atoms with Crippen molar-refractivity contribution in [3.63, 3.8) is 0 Å². The van der Waals surface area contributed by atoms with Gasteiger partial charge in [-0.15, -0.1) is 0 Å². The molecule has 0 amide bonds. The lowest BCUT2D eigenvalue weighted by molar-refractivity contribution is 0.0723. The normalized spacial score (nSPS) is 10.8. The SMILES string of the molecule is O=Cc1ccc(C(=O)Oc2ccc3ccccc3c2-c2c(OC(=O)c3ccc(C=O)cc3)ccc3ccccc23)cc1. The van der Waals surface area contributed by atoms with Gasteiger partial charge in [-0.3, -0.25) is 9.59 Å². The zero-order valence-electron chi connectivity index (χ0n) is 22.2. The second kappa shape index (κ2) is 11.3. The molecule has 0 atom stereocenters. The van der Waals surface area contributed by atoms with Crippen LogP contribution in [0.3, 0.4) is 0 Å². The smallest absolute Gasteiger partial charge is 0.343 e. The maximum absolute atomic E-state index is 13.3. The molecule has 0 N–H and O–H groups in total. The van der Waals surface area contributed by atoms with E-state index >= 15 is 0 Å². The molecule has 0 aliphatic heterocycles. The Kier molecular flexibility index (Phi) is 7.10. The Morgan fingerprint density at radius 2 is 0.833 bits per heavy atom. The molecule has 0 spiro atoms. The van der Waals surface area contributed by atoms with Crippen molar-refractivity contribution in [1.29, 1.82) is 0 Å². The van der Waals surface area contributed by atoms with Gasteiger partial charge in [0.05, 0.1) is 11.1 Å². The monoisotopic (exact) mass is 550 g/mol. The number of hydrogen-bond donors (Lipinski definition) is 0. The molecule has 0 saturated heterocycles. The van der Waals surface area contributed by atoms with Gasteiger partial charge in [-0.25, -0.2) is 9.59 Å². The van der Waals surface area contributed by atoms with Gasteiger partial charge in [0.15, 0.2) is 0 Å². The van der Waals surface area contributed by atoms with Gasteiger partial charge in [-0.05, 0) is 57.9 Å². The Morgan fingerprint density at radius 1 is 0.452 bits per heavy atom. The number of aldehydes is 2. The molecule has 0 heterocycles. The van der Waals surface area contributed by atoms with E-state index in [-0.39, 0.29) is 22.6 Å². The molecule has 0 bridgehead atoms. The van der Waals surface area contributed by atoms with Gasteiger partial charge in [0, 0.05) is 22.3 Å². The van der Waals surface area contributed by atoms with E-state index in [9.17, 15) is 19.2 Å². The van der Waals surface area contributed by atoms with Crippen LogP contribution in [-0.4, -0.2) is 24.5 Å². The highest BCUT2D eigenvalue weighted by molar-refractivity contribution is 6.11. The molecule has 6 aromatic rings. The van der Waals surface area contributed by atoms with E-state index in [4.69, 9.17) is 9.47 Å². The molecular weight excluding hydrogens is 528 g/mol. The van der Waals surface area contributed by atoms with Crippen molar-refractivity contribution < 1.29 is 28.7 Å². The van der Waals surface area contributed by atoms with Crippen molar-refractivity contribution in [3.8, 4) is 22.6 Å². The zero-order chi connectivity index (χ0) is 29.1. The number of esters is 2. The first kappa shape index (κ1) is 26.3. The van der Waals surface area contributed by atoms with Gasteiger partial charge >= 0.3 is 11.9 Å². The van der Waals surface area contributed by atoms with Gasteiger partial charge in [-0.2, -0.15) is 0 Å². The van der Waals surface area contributed by atoms with Crippen LogP contribution in [-0.2, 0) is 0 Å². The molecule has 42 heavy (non-hydrogen) atoms. The van der Waals surface area contributed by atoms with E-state index in [0.29, 0.717) is 34.8 Å². The fraction of sp³-hybridized carbons (Fsp3) is 0. The summed E-state index contributed by atoms with van der Waals surface area (Å²) in [6, 6.07) is 34.9. The lowest BCUT2D eigenvalue weighted by Crippen LogP contribution is -2.11. The number of hydrogen-bond acceptors (Lipinski definition) is 6. The first-order valence-corrected chi connectivity index (χ1v) is 13.1. The van der Waals surface area contributed by atoms with Crippen LogP contribution in [0.25, 0.3) is 32.7 Å². The summed E-state index contributed by atoms with van der Waals surface area (Å²) in [6.07, 6.45) is 1.41.